The Hall–Kier alpha value is -3.73. The van der Waals surface area contributed by atoms with Gasteiger partial charge in [-0.05, 0) is 51.0 Å². The first-order chi connectivity index (χ1) is 17.7. The monoisotopic (exact) mass is 525 g/mol. The Labute approximate surface area is 216 Å². The lowest BCUT2D eigenvalue weighted by Gasteiger charge is -2.42. The van der Waals surface area contributed by atoms with E-state index < -0.39 is 11.4 Å². The summed E-state index contributed by atoms with van der Waals surface area (Å²) in [6, 6.07) is 8.98. The fourth-order valence-corrected chi connectivity index (χ4v) is 5.25. The van der Waals surface area contributed by atoms with Crippen molar-refractivity contribution in [1.29, 1.82) is 0 Å². The highest BCUT2D eigenvalue weighted by Crippen LogP contribution is 2.38. The van der Waals surface area contributed by atoms with Gasteiger partial charge in [0.15, 0.2) is 11.0 Å². The molecule has 3 aromatic heterocycles. The van der Waals surface area contributed by atoms with Crippen molar-refractivity contribution in [2.75, 3.05) is 18.0 Å². The lowest BCUT2D eigenvalue weighted by molar-refractivity contribution is 0.0123. The molecule has 2 saturated heterocycles. The largest absolute Gasteiger partial charge is 0.444 e. The van der Waals surface area contributed by atoms with E-state index in [2.05, 4.69) is 25.2 Å². The third-order valence-corrected chi connectivity index (χ3v) is 6.90. The van der Waals surface area contributed by atoms with Gasteiger partial charge in [0.1, 0.15) is 22.2 Å². The molecule has 12 heteroatoms. The number of ether oxygens (including phenoxy) is 1. The maximum atomic E-state index is 15.1. The van der Waals surface area contributed by atoms with Crippen LogP contribution < -0.4 is 9.74 Å². The molecule has 2 bridgehead atoms. The molecule has 2 fully saturated rings. The third-order valence-electron chi connectivity index (χ3n) is 6.64. The van der Waals surface area contributed by atoms with Gasteiger partial charge in [0.25, 0.3) is 5.88 Å². The zero-order valence-electron chi connectivity index (χ0n) is 20.6. The average molecular weight is 526 g/mol. The number of piperazine rings is 1. The molecule has 2 unspecified atom stereocenters. The smallest absolute Gasteiger partial charge is 0.410 e. The molecular formula is C25H25ClFN7O3. The van der Waals surface area contributed by atoms with Gasteiger partial charge in [-0.2, -0.15) is 0 Å². The first-order valence-corrected chi connectivity index (χ1v) is 12.5. The highest BCUT2D eigenvalue weighted by Gasteiger charge is 2.44. The second-order valence-corrected chi connectivity index (χ2v) is 10.7. The summed E-state index contributed by atoms with van der Waals surface area (Å²) in [5.74, 6) is -0.606. The fraction of sp³-hybridized carbons (Fsp3) is 0.400. The van der Waals surface area contributed by atoms with Crippen molar-refractivity contribution >= 4 is 45.3 Å². The van der Waals surface area contributed by atoms with Crippen molar-refractivity contribution in [3.8, 4) is 5.88 Å². The number of rotatable bonds is 3. The number of aromatic nitrogens is 5. The number of halogens is 2. The predicted octanol–water partition coefficient (Wildman–Crippen LogP) is 4.60. The van der Waals surface area contributed by atoms with Crippen molar-refractivity contribution < 1.29 is 18.8 Å². The lowest BCUT2D eigenvalue weighted by Crippen LogP contribution is -2.56. The van der Waals surface area contributed by atoms with Crippen LogP contribution in [0.2, 0.25) is 5.15 Å². The molecule has 0 radical (unpaired) electrons. The molecule has 192 valence electrons. The molecular weight excluding hydrogens is 501 g/mol. The van der Waals surface area contributed by atoms with E-state index in [1.165, 1.54) is 11.0 Å². The van der Waals surface area contributed by atoms with Gasteiger partial charge in [0.05, 0.1) is 17.8 Å². The van der Waals surface area contributed by atoms with E-state index in [0.717, 1.165) is 12.8 Å². The molecule has 5 heterocycles. The zero-order chi connectivity index (χ0) is 25.9. The summed E-state index contributed by atoms with van der Waals surface area (Å²) < 4.78 is 20.8. The Morgan fingerprint density at radius 1 is 1.16 bits per heavy atom. The Morgan fingerprint density at radius 3 is 2.62 bits per heavy atom. The maximum absolute atomic E-state index is 15.1. The van der Waals surface area contributed by atoms with Crippen LogP contribution in [0.3, 0.4) is 0 Å². The van der Waals surface area contributed by atoms with Crippen LogP contribution in [-0.2, 0) is 4.74 Å². The second kappa shape index (κ2) is 8.69. The van der Waals surface area contributed by atoms with Gasteiger partial charge in [0, 0.05) is 30.7 Å². The zero-order valence-corrected chi connectivity index (χ0v) is 21.3. The van der Waals surface area contributed by atoms with Crippen LogP contribution in [0.4, 0.5) is 14.9 Å². The molecule has 10 nitrogen and oxygen atoms in total. The highest BCUT2D eigenvalue weighted by molar-refractivity contribution is 6.30. The SMILES string of the molecule is CC(C)(C)OC(=O)N1C2CCC1CN(c1cc(On3nnc4ccccc43)nc3c(F)c(Cl)ncc13)C2. The maximum Gasteiger partial charge on any atom is 0.410 e. The number of carbonyl (C=O) groups is 1. The number of para-hydroxylation sites is 1. The first kappa shape index (κ1) is 23.7. The minimum atomic E-state index is -0.732. The van der Waals surface area contributed by atoms with Gasteiger partial charge >= 0.3 is 6.09 Å². The molecule has 0 aliphatic carbocycles. The molecule has 6 rings (SSSR count). The van der Waals surface area contributed by atoms with Gasteiger partial charge in [-0.3, -0.25) is 4.90 Å². The number of benzene rings is 1. The number of nitrogens with zero attached hydrogens (tertiary/aromatic N) is 7. The Bertz CT molecular complexity index is 1510. The Balaban J connectivity index is 1.37. The summed E-state index contributed by atoms with van der Waals surface area (Å²) in [5.41, 5.74) is 1.45. The summed E-state index contributed by atoms with van der Waals surface area (Å²) in [4.78, 5) is 32.5. The molecule has 1 aromatic carbocycles. The molecule has 2 aliphatic heterocycles. The normalized spacial score (nSPS) is 19.6. The number of hydrogen-bond acceptors (Lipinski definition) is 8. The van der Waals surface area contributed by atoms with Gasteiger partial charge in [-0.1, -0.05) is 28.6 Å². The molecule has 2 atom stereocenters. The van der Waals surface area contributed by atoms with Crippen LogP contribution in [0.15, 0.2) is 36.5 Å². The Morgan fingerprint density at radius 2 is 1.89 bits per heavy atom. The van der Waals surface area contributed by atoms with Crippen LogP contribution >= 0.6 is 11.6 Å². The van der Waals surface area contributed by atoms with Crippen molar-refractivity contribution in [2.45, 2.75) is 51.3 Å². The van der Waals surface area contributed by atoms with Gasteiger partial charge < -0.3 is 14.5 Å². The van der Waals surface area contributed by atoms with Crippen LogP contribution in [0.25, 0.3) is 21.9 Å². The molecule has 2 aliphatic rings. The number of carbonyl (C=O) groups excluding carboxylic acids is 1. The van der Waals surface area contributed by atoms with Crippen LogP contribution in [-0.4, -0.2) is 66.9 Å². The fourth-order valence-electron chi connectivity index (χ4n) is 5.11. The van der Waals surface area contributed by atoms with Gasteiger partial charge in [-0.15, -0.1) is 5.10 Å². The third kappa shape index (κ3) is 4.26. The van der Waals surface area contributed by atoms with Gasteiger partial charge in [0.2, 0.25) is 0 Å². The summed E-state index contributed by atoms with van der Waals surface area (Å²) >= 11 is 6.00. The average Bonchev–Trinajstić information content (AvgIpc) is 3.38. The van der Waals surface area contributed by atoms with E-state index in [4.69, 9.17) is 21.2 Å². The number of pyridine rings is 2. The van der Waals surface area contributed by atoms with E-state index in [1.807, 2.05) is 49.9 Å². The number of amides is 1. The van der Waals surface area contributed by atoms with Crippen LogP contribution in [0.5, 0.6) is 5.88 Å². The number of hydrogen-bond donors (Lipinski definition) is 0. The molecule has 0 N–H and O–H groups in total. The standard InChI is InChI=1S/C25H25ClFN7O3/c1-25(2,3)36-24(35)33-14-8-9-15(33)13-32(12-14)19-10-20(29-22-16(19)11-28-23(26)21(22)27)37-34-18-7-5-4-6-17(18)30-31-34/h4-7,10-11,14-15H,8-9,12-13H2,1-3H3. The van der Waals surface area contributed by atoms with Crippen molar-refractivity contribution in [1.82, 2.24) is 30.0 Å². The molecule has 0 saturated carbocycles. The Kier molecular flexibility index (Phi) is 5.55. The number of fused-ring (bicyclic) bond motifs is 4. The summed E-state index contributed by atoms with van der Waals surface area (Å²) in [6.07, 6.45) is 2.92. The van der Waals surface area contributed by atoms with Gasteiger partial charge in [-0.25, -0.2) is 19.2 Å². The van der Waals surface area contributed by atoms with Crippen molar-refractivity contribution in [2.24, 2.45) is 0 Å². The quantitative estimate of drug-likeness (QED) is 0.358. The molecule has 37 heavy (non-hydrogen) atoms. The van der Waals surface area contributed by atoms with E-state index in [-0.39, 0.29) is 34.7 Å². The summed E-state index contributed by atoms with van der Waals surface area (Å²) in [6.45, 7) is 6.67. The van der Waals surface area contributed by atoms with Crippen LogP contribution in [0.1, 0.15) is 33.6 Å². The molecule has 0 spiro atoms. The first-order valence-electron chi connectivity index (χ1n) is 12.1. The van der Waals surface area contributed by atoms with Crippen LogP contribution in [0, 0.1) is 5.82 Å². The lowest BCUT2D eigenvalue weighted by atomic mass is 10.1. The molecule has 4 aromatic rings. The van der Waals surface area contributed by atoms with E-state index in [1.54, 1.807) is 6.07 Å². The minimum absolute atomic E-state index is 0.0365. The predicted molar refractivity (Wildman–Crippen MR) is 135 cm³/mol. The summed E-state index contributed by atoms with van der Waals surface area (Å²) in [7, 11) is 0. The molecule has 1 amide bonds. The summed E-state index contributed by atoms with van der Waals surface area (Å²) in [5, 5.41) is 8.37. The van der Waals surface area contributed by atoms with E-state index in [9.17, 15) is 4.79 Å². The highest BCUT2D eigenvalue weighted by atomic mass is 35.5. The second-order valence-electron chi connectivity index (χ2n) is 10.3. The van der Waals surface area contributed by atoms with Crippen molar-refractivity contribution in [3.05, 3.63) is 47.5 Å². The topological polar surface area (TPSA) is 98.5 Å². The van der Waals surface area contributed by atoms with E-state index >= 15 is 4.39 Å². The van der Waals surface area contributed by atoms with Crippen molar-refractivity contribution in [3.63, 3.8) is 0 Å². The van der Waals surface area contributed by atoms with E-state index in [0.29, 0.717) is 35.2 Å². The minimum Gasteiger partial charge on any atom is -0.444 e. The number of anilines is 1.